The van der Waals surface area contributed by atoms with Gasteiger partial charge in [0.2, 0.25) is 0 Å². The van der Waals surface area contributed by atoms with Gasteiger partial charge < -0.3 is 20.1 Å². The van der Waals surface area contributed by atoms with Crippen molar-refractivity contribution in [2.75, 3.05) is 26.8 Å². The van der Waals surface area contributed by atoms with E-state index in [-0.39, 0.29) is 11.9 Å². The molecule has 1 unspecified atom stereocenters. The number of methoxy groups -OCH3 is 1. The maximum Gasteiger partial charge on any atom is 0.254 e. The van der Waals surface area contributed by atoms with E-state index in [0.717, 1.165) is 6.42 Å². The second-order valence-electron chi connectivity index (χ2n) is 5.99. The van der Waals surface area contributed by atoms with Gasteiger partial charge in [-0.05, 0) is 24.5 Å². The van der Waals surface area contributed by atoms with Crippen molar-refractivity contribution in [2.24, 2.45) is 11.7 Å². The monoisotopic (exact) mass is 326 g/mol. The molecule has 5 nitrogen and oxygen atoms in total. The Kier molecular flexibility index (Phi) is 5.53. The average Bonchev–Trinajstić information content (AvgIpc) is 2.90. The largest absolute Gasteiger partial charge is 0.493 e. The molecule has 1 saturated heterocycles. The first-order chi connectivity index (χ1) is 10.4. The van der Waals surface area contributed by atoms with Gasteiger partial charge in [0.05, 0.1) is 18.7 Å². The maximum atomic E-state index is 12.5. The summed E-state index contributed by atoms with van der Waals surface area (Å²) in [7, 11) is 1.54. The molecule has 2 N–H and O–H groups in total. The van der Waals surface area contributed by atoms with Crippen LogP contribution in [-0.2, 0) is 0 Å². The smallest absolute Gasteiger partial charge is 0.254 e. The summed E-state index contributed by atoms with van der Waals surface area (Å²) in [5.41, 5.74) is 6.35. The van der Waals surface area contributed by atoms with E-state index >= 15 is 0 Å². The van der Waals surface area contributed by atoms with E-state index in [9.17, 15) is 4.79 Å². The lowest BCUT2D eigenvalue weighted by Gasteiger charge is -2.18. The minimum absolute atomic E-state index is 0.0509. The molecule has 1 amide bonds. The Balaban J connectivity index is 2.23. The Hall–Kier alpha value is -1.46. The zero-order valence-electron chi connectivity index (χ0n) is 13.3. The number of benzene rings is 1. The van der Waals surface area contributed by atoms with Crippen molar-refractivity contribution in [3.05, 3.63) is 22.7 Å². The van der Waals surface area contributed by atoms with E-state index in [4.69, 9.17) is 26.8 Å². The molecule has 1 fully saturated rings. The molecule has 1 aromatic carbocycles. The van der Waals surface area contributed by atoms with Crippen LogP contribution in [0.15, 0.2) is 12.1 Å². The van der Waals surface area contributed by atoms with Crippen molar-refractivity contribution >= 4 is 17.5 Å². The Morgan fingerprint density at radius 1 is 1.50 bits per heavy atom. The van der Waals surface area contributed by atoms with Gasteiger partial charge in [0, 0.05) is 24.7 Å². The van der Waals surface area contributed by atoms with Crippen LogP contribution in [0.1, 0.15) is 30.6 Å². The molecular weight excluding hydrogens is 304 g/mol. The van der Waals surface area contributed by atoms with Gasteiger partial charge in [-0.1, -0.05) is 25.4 Å². The van der Waals surface area contributed by atoms with Crippen LogP contribution in [0.2, 0.25) is 5.02 Å². The molecule has 0 spiro atoms. The lowest BCUT2D eigenvalue weighted by atomic mass is 10.1. The lowest BCUT2D eigenvalue weighted by molar-refractivity contribution is 0.0790. The maximum absolute atomic E-state index is 12.5. The van der Waals surface area contributed by atoms with Gasteiger partial charge in [-0.15, -0.1) is 0 Å². The second kappa shape index (κ2) is 7.20. The number of nitrogens with zero attached hydrogens (tertiary/aromatic N) is 1. The number of amides is 1. The van der Waals surface area contributed by atoms with Crippen molar-refractivity contribution in [2.45, 2.75) is 26.3 Å². The molecule has 1 heterocycles. The zero-order chi connectivity index (χ0) is 16.3. The fraction of sp³-hybridized carbons (Fsp3) is 0.562. The van der Waals surface area contributed by atoms with Gasteiger partial charge >= 0.3 is 0 Å². The first-order valence-electron chi connectivity index (χ1n) is 7.47. The molecule has 0 saturated carbocycles. The Bertz CT molecular complexity index is 548. The molecule has 0 aliphatic carbocycles. The van der Waals surface area contributed by atoms with E-state index in [2.05, 4.69) is 13.8 Å². The first kappa shape index (κ1) is 16.9. The highest BCUT2D eigenvalue weighted by molar-refractivity contribution is 6.32. The van der Waals surface area contributed by atoms with E-state index in [0.29, 0.717) is 47.7 Å². The SMILES string of the molecule is COc1cc(C(=O)N2CCC(N)C2)cc(Cl)c1OCC(C)C. The van der Waals surface area contributed by atoms with Crippen molar-refractivity contribution in [1.29, 1.82) is 0 Å². The molecule has 0 bridgehead atoms. The van der Waals surface area contributed by atoms with Crippen molar-refractivity contribution < 1.29 is 14.3 Å². The van der Waals surface area contributed by atoms with Crippen LogP contribution in [0.3, 0.4) is 0 Å². The van der Waals surface area contributed by atoms with Crippen molar-refractivity contribution in [3.63, 3.8) is 0 Å². The number of rotatable bonds is 5. The molecule has 6 heteroatoms. The average molecular weight is 327 g/mol. The zero-order valence-corrected chi connectivity index (χ0v) is 14.0. The molecule has 122 valence electrons. The van der Waals surface area contributed by atoms with Crippen molar-refractivity contribution in [1.82, 2.24) is 4.90 Å². The van der Waals surface area contributed by atoms with E-state index in [1.807, 2.05) is 0 Å². The van der Waals surface area contributed by atoms with E-state index < -0.39 is 0 Å². The second-order valence-corrected chi connectivity index (χ2v) is 6.40. The predicted octanol–water partition coefficient (Wildman–Crippen LogP) is 2.56. The summed E-state index contributed by atoms with van der Waals surface area (Å²) in [5, 5.41) is 0.381. The van der Waals surface area contributed by atoms with Gasteiger partial charge in [-0.25, -0.2) is 0 Å². The number of nitrogens with two attached hydrogens (primary N) is 1. The highest BCUT2D eigenvalue weighted by Crippen LogP contribution is 2.37. The minimum Gasteiger partial charge on any atom is -0.493 e. The van der Waals surface area contributed by atoms with Crippen LogP contribution in [-0.4, -0.2) is 43.7 Å². The molecule has 0 aromatic heterocycles. The number of likely N-dealkylation sites (tertiary alicyclic amines) is 1. The summed E-state index contributed by atoms with van der Waals surface area (Å²) in [4.78, 5) is 14.2. The molecule has 1 atom stereocenters. The standard InChI is InChI=1S/C16H23ClN2O3/c1-10(2)9-22-15-13(17)6-11(7-14(15)21-3)16(20)19-5-4-12(18)8-19/h6-7,10,12H,4-5,8-9,18H2,1-3H3. The van der Waals surface area contributed by atoms with Gasteiger partial charge in [0.25, 0.3) is 5.91 Å². The highest BCUT2D eigenvalue weighted by Gasteiger charge is 2.26. The molecular formula is C16H23ClN2O3. The Labute approximate surface area is 136 Å². The molecule has 1 aliphatic heterocycles. The third-order valence-electron chi connectivity index (χ3n) is 3.55. The quantitative estimate of drug-likeness (QED) is 0.903. The first-order valence-corrected chi connectivity index (χ1v) is 7.85. The number of carbonyl (C=O) groups excluding carboxylic acids is 1. The van der Waals surface area contributed by atoms with Gasteiger partial charge in [0.1, 0.15) is 0 Å². The predicted molar refractivity (Wildman–Crippen MR) is 86.8 cm³/mol. The van der Waals surface area contributed by atoms with Gasteiger partial charge in [-0.3, -0.25) is 4.79 Å². The highest BCUT2D eigenvalue weighted by atomic mass is 35.5. The van der Waals surface area contributed by atoms with E-state index in [1.165, 1.54) is 7.11 Å². The summed E-state index contributed by atoms with van der Waals surface area (Å²) < 4.78 is 11.0. The topological polar surface area (TPSA) is 64.8 Å². The fourth-order valence-electron chi connectivity index (χ4n) is 2.39. The Morgan fingerprint density at radius 3 is 2.77 bits per heavy atom. The number of ether oxygens (including phenoxy) is 2. The third-order valence-corrected chi connectivity index (χ3v) is 3.83. The summed E-state index contributed by atoms with van der Waals surface area (Å²) in [6.07, 6.45) is 0.826. The summed E-state index contributed by atoms with van der Waals surface area (Å²) in [6.45, 7) is 5.88. The normalized spacial score (nSPS) is 17.9. The molecule has 2 rings (SSSR count). The molecule has 1 aliphatic rings. The third kappa shape index (κ3) is 3.84. The summed E-state index contributed by atoms with van der Waals surface area (Å²) in [6, 6.07) is 3.36. The van der Waals surface area contributed by atoms with Crippen LogP contribution in [0.4, 0.5) is 0 Å². The molecule has 1 aromatic rings. The number of hydrogen-bond acceptors (Lipinski definition) is 4. The summed E-state index contributed by atoms with van der Waals surface area (Å²) >= 11 is 6.28. The number of halogens is 1. The molecule has 0 radical (unpaired) electrons. The van der Waals surface area contributed by atoms with Crippen LogP contribution >= 0.6 is 11.6 Å². The Morgan fingerprint density at radius 2 is 2.23 bits per heavy atom. The van der Waals surface area contributed by atoms with Crippen molar-refractivity contribution in [3.8, 4) is 11.5 Å². The van der Waals surface area contributed by atoms with Crippen LogP contribution in [0.25, 0.3) is 0 Å². The van der Waals surface area contributed by atoms with Crippen LogP contribution in [0.5, 0.6) is 11.5 Å². The summed E-state index contributed by atoms with van der Waals surface area (Å²) in [5.74, 6) is 1.24. The number of carbonyl (C=O) groups is 1. The van der Waals surface area contributed by atoms with Gasteiger partial charge in [-0.2, -0.15) is 0 Å². The minimum atomic E-state index is -0.0800. The number of hydrogen-bond donors (Lipinski definition) is 1. The molecule has 22 heavy (non-hydrogen) atoms. The van der Waals surface area contributed by atoms with Gasteiger partial charge in [0.15, 0.2) is 11.5 Å². The fourth-order valence-corrected chi connectivity index (χ4v) is 2.65. The van der Waals surface area contributed by atoms with E-state index in [1.54, 1.807) is 17.0 Å². The van der Waals surface area contributed by atoms with Crippen LogP contribution in [0, 0.1) is 5.92 Å². The van der Waals surface area contributed by atoms with Crippen LogP contribution < -0.4 is 15.2 Å². The lowest BCUT2D eigenvalue weighted by Crippen LogP contribution is -2.31.